The molecule has 22 heavy (non-hydrogen) atoms. The maximum absolute atomic E-state index is 10.2. The fraction of sp³-hybridized carbons (Fsp3) is 0. The highest BCUT2D eigenvalue weighted by molar-refractivity contribution is 5.77. The zero-order valence-corrected chi connectivity index (χ0v) is 11.3. The third kappa shape index (κ3) is 3.83. The zero-order chi connectivity index (χ0) is 15.9. The van der Waals surface area contributed by atoms with Gasteiger partial charge in [-0.25, -0.2) is 0 Å². The Balaban J connectivity index is 0.000000162. The van der Waals surface area contributed by atoms with Gasteiger partial charge in [0.25, 0.3) is 11.4 Å². The van der Waals surface area contributed by atoms with Crippen molar-refractivity contribution in [2.24, 2.45) is 0 Å². The quantitative estimate of drug-likeness (QED) is 0.530. The van der Waals surface area contributed by atoms with Gasteiger partial charge in [0.2, 0.25) is 0 Å². The van der Waals surface area contributed by atoms with E-state index in [1.807, 2.05) is 30.5 Å². The number of nitrogens with zero attached hydrogens (tertiary/aromatic N) is 3. The molecule has 0 saturated heterocycles. The molecule has 0 N–H and O–H groups in total. The number of benzene rings is 2. The number of nitro benzene ring substituents is 2. The second-order valence-electron chi connectivity index (χ2n) is 4.23. The van der Waals surface area contributed by atoms with E-state index in [0.29, 0.717) is 0 Å². The van der Waals surface area contributed by atoms with Crippen LogP contribution in [-0.2, 0) is 0 Å². The van der Waals surface area contributed by atoms with E-state index in [1.54, 1.807) is 0 Å². The summed E-state index contributed by atoms with van der Waals surface area (Å²) in [5, 5.41) is 21.5. The van der Waals surface area contributed by atoms with Gasteiger partial charge in [0.05, 0.1) is 21.4 Å². The molecule has 0 spiro atoms. The first kappa shape index (κ1) is 15.0. The van der Waals surface area contributed by atoms with Crippen LogP contribution in [0.15, 0.2) is 66.9 Å². The van der Waals surface area contributed by atoms with E-state index in [2.05, 4.69) is 17.1 Å². The zero-order valence-electron chi connectivity index (χ0n) is 11.3. The summed E-state index contributed by atoms with van der Waals surface area (Å²) in [5.41, 5.74) is 0.512. The number of rotatable bonds is 2. The van der Waals surface area contributed by atoms with E-state index >= 15 is 0 Å². The van der Waals surface area contributed by atoms with Gasteiger partial charge in [0.1, 0.15) is 0 Å². The van der Waals surface area contributed by atoms with Crippen LogP contribution in [-0.4, -0.2) is 14.8 Å². The van der Waals surface area contributed by atoms with Crippen molar-refractivity contribution in [3.8, 4) is 0 Å². The first-order chi connectivity index (χ1) is 10.6. The predicted octanol–water partition coefficient (Wildman–Crippen LogP) is 3.74. The van der Waals surface area contributed by atoms with Crippen molar-refractivity contribution in [3.63, 3.8) is 0 Å². The van der Waals surface area contributed by atoms with Crippen LogP contribution < -0.4 is 0 Å². The minimum absolute atomic E-state index is 0.274. The number of pyridine rings is 1. The maximum Gasteiger partial charge on any atom is 0.276 e. The Hall–Kier alpha value is -3.35. The molecule has 7 heteroatoms. The molecule has 3 aromatic rings. The van der Waals surface area contributed by atoms with Gasteiger partial charge in [-0.05, 0) is 18.2 Å². The molecule has 0 saturated carbocycles. The van der Waals surface area contributed by atoms with Crippen LogP contribution in [0, 0.1) is 20.2 Å². The van der Waals surface area contributed by atoms with Crippen LogP contribution in [0.4, 0.5) is 11.4 Å². The van der Waals surface area contributed by atoms with Crippen LogP contribution in [0.2, 0.25) is 0 Å². The van der Waals surface area contributed by atoms with Crippen molar-refractivity contribution >= 4 is 22.3 Å². The van der Waals surface area contributed by atoms with E-state index in [4.69, 9.17) is 0 Å². The monoisotopic (exact) mass is 297 g/mol. The molecule has 0 atom stereocenters. The summed E-state index contributed by atoms with van der Waals surface area (Å²) < 4.78 is 0. The average molecular weight is 297 g/mol. The van der Waals surface area contributed by atoms with Crippen molar-refractivity contribution in [2.75, 3.05) is 0 Å². The van der Waals surface area contributed by atoms with Crippen LogP contribution in [0.5, 0.6) is 0 Å². The first-order valence-corrected chi connectivity index (χ1v) is 6.26. The molecule has 0 unspecified atom stereocenters. The molecule has 1 heterocycles. The van der Waals surface area contributed by atoms with Gasteiger partial charge in [0.15, 0.2) is 0 Å². The number of non-ortho nitro benzene ring substituents is 2. The minimum atomic E-state index is -0.674. The van der Waals surface area contributed by atoms with Gasteiger partial charge in [0, 0.05) is 23.7 Å². The Morgan fingerprint density at radius 1 is 0.773 bits per heavy atom. The highest BCUT2D eigenvalue weighted by Crippen LogP contribution is 2.18. The van der Waals surface area contributed by atoms with Gasteiger partial charge >= 0.3 is 0 Å². The minimum Gasteiger partial charge on any atom is -0.258 e. The topological polar surface area (TPSA) is 99.2 Å². The average Bonchev–Trinajstić information content (AvgIpc) is 2.55. The highest BCUT2D eigenvalue weighted by atomic mass is 16.6. The Bertz CT molecular complexity index is 726. The molecule has 0 aliphatic heterocycles. The summed E-state index contributed by atoms with van der Waals surface area (Å²) >= 11 is 0. The molecule has 3 rings (SSSR count). The summed E-state index contributed by atoms with van der Waals surface area (Å²) in [4.78, 5) is 23.2. The Kier molecular flexibility index (Phi) is 4.71. The van der Waals surface area contributed by atoms with Crippen LogP contribution >= 0.6 is 0 Å². The Labute approximate surface area is 125 Å². The van der Waals surface area contributed by atoms with E-state index in [1.165, 1.54) is 23.6 Å². The molecule has 0 radical (unpaired) electrons. The Morgan fingerprint density at radius 2 is 1.36 bits per heavy atom. The lowest BCUT2D eigenvalue weighted by molar-refractivity contribution is -0.394. The lowest BCUT2D eigenvalue weighted by Gasteiger charge is -1.91. The first-order valence-electron chi connectivity index (χ1n) is 6.26. The van der Waals surface area contributed by atoms with Crippen molar-refractivity contribution in [2.45, 2.75) is 0 Å². The fourth-order valence-corrected chi connectivity index (χ4v) is 1.74. The van der Waals surface area contributed by atoms with Crippen molar-refractivity contribution in [1.29, 1.82) is 0 Å². The van der Waals surface area contributed by atoms with Crippen LogP contribution in [0.3, 0.4) is 0 Å². The number of nitro groups is 2. The Morgan fingerprint density at radius 3 is 1.95 bits per heavy atom. The molecule has 0 aliphatic carbocycles. The molecule has 0 fully saturated rings. The van der Waals surface area contributed by atoms with Gasteiger partial charge < -0.3 is 0 Å². The number of para-hydroxylation sites is 1. The molecular weight excluding hydrogens is 286 g/mol. The number of fused-ring (bicyclic) bond motifs is 1. The van der Waals surface area contributed by atoms with Crippen LogP contribution in [0.1, 0.15) is 0 Å². The molecular formula is C15H11N3O4. The van der Waals surface area contributed by atoms with Crippen molar-refractivity contribution in [1.82, 2.24) is 4.98 Å². The van der Waals surface area contributed by atoms with E-state index in [-0.39, 0.29) is 11.4 Å². The van der Waals surface area contributed by atoms with Gasteiger partial charge in [-0.2, -0.15) is 0 Å². The molecule has 0 amide bonds. The third-order valence-corrected chi connectivity index (χ3v) is 2.76. The van der Waals surface area contributed by atoms with Gasteiger partial charge in [-0.1, -0.05) is 24.3 Å². The summed E-state index contributed by atoms with van der Waals surface area (Å²) in [6, 6.07) is 16.7. The third-order valence-electron chi connectivity index (χ3n) is 2.76. The van der Waals surface area contributed by atoms with Gasteiger partial charge in [-0.3, -0.25) is 25.2 Å². The predicted molar refractivity (Wildman–Crippen MR) is 81.5 cm³/mol. The highest BCUT2D eigenvalue weighted by Gasteiger charge is 2.11. The summed E-state index contributed by atoms with van der Waals surface area (Å²) in [5.74, 6) is 0. The fourth-order valence-electron chi connectivity index (χ4n) is 1.74. The lowest BCUT2D eigenvalue weighted by Crippen LogP contribution is -1.91. The SMILES string of the molecule is O=[N+]([O-])c1cccc([N+](=O)[O-])c1.c1ccc2ncccc2c1. The van der Waals surface area contributed by atoms with Crippen LogP contribution in [0.25, 0.3) is 10.9 Å². The summed E-state index contributed by atoms with van der Waals surface area (Å²) in [7, 11) is 0. The molecule has 110 valence electrons. The normalized spacial score (nSPS) is 9.64. The number of hydrogen-bond donors (Lipinski definition) is 0. The lowest BCUT2D eigenvalue weighted by atomic mass is 10.2. The van der Waals surface area contributed by atoms with E-state index in [9.17, 15) is 20.2 Å². The molecule has 0 aliphatic rings. The second kappa shape index (κ2) is 6.89. The molecule has 0 bridgehead atoms. The largest absolute Gasteiger partial charge is 0.276 e. The standard InChI is InChI=1S/C9H7N.C6H4N2O4/c1-2-6-9-8(4-1)5-3-7-10-9;9-7(10)5-2-1-3-6(4-5)8(11)12/h1-7H;1-4H. The second-order valence-corrected chi connectivity index (χ2v) is 4.23. The van der Waals surface area contributed by atoms with E-state index in [0.717, 1.165) is 11.6 Å². The number of hydrogen-bond acceptors (Lipinski definition) is 5. The number of aromatic nitrogens is 1. The summed E-state index contributed by atoms with van der Waals surface area (Å²) in [6.45, 7) is 0. The van der Waals surface area contributed by atoms with Crippen molar-refractivity contribution < 1.29 is 9.85 Å². The van der Waals surface area contributed by atoms with Gasteiger partial charge in [-0.15, -0.1) is 0 Å². The van der Waals surface area contributed by atoms with Crippen molar-refractivity contribution in [3.05, 3.63) is 87.1 Å². The molecule has 2 aromatic carbocycles. The molecule has 7 nitrogen and oxygen atoms in total. The molecule has 1 aromatic heterocycles. The maximum atomic E-state index is 10.2. The summed E-state index contributed by atoms with van der Waals surface area (Å²) in [6.07, 6.45) is 1.81. The smallest absolute Gasteiger partial charge is 0.258 e. The van der Waals surface area contributed by atoms with E-state index < -0.39 is 9.85 Å².